The van der Waals surface area contributed by atoms with Crippen LogP contribution in [0.1, 0.15) is 116 Å². The number of carbonyl (C=O) groups is 17. The topological polar surface area (TPSA) is 596 Å². The molecule has 2 fully saturated rings. The van der Waals surface area contributed by atoms with E-state index in [9.17, 15) is 81.5 Å². The molecule has 23 N–H and O–H groups in total. The van der Waals surface area contributed by atoms with Crippen molar-refractivity contribution >= 4 is 142 Å². The van der Waals surface area contributed by atoms with Crippen LogP contribution in [0.5, 0.6) is 0 Å². The number of nitrogens with one attached hydrogen (secondary N) is 13. The van der Waals surface area contributed by atoms with Gasteiger partial charge in [-0.25, -0.2) is 0 Å². The highest BCUT2D eigenvalue weighted by molar-refractivity contribution is 7.99. The number of rotatable bonds is 16. The summed E-state index contributed by atoms with van der Waals surface area (Å²) in [5.74, 6) is -15.0. The molecule has 17 amide bonds. The number of hydrogen-bond acceptors (Lipinski definition) is 22. The third-order valence-electron chi connectivity index (χ3n) is 17.4. The van der Waals surface area contributed by atoms with E-state index < -0.39 is 212 Å². The second-order valence-electron chi connectivity index (χ2n) is 26.8. The summed E-state index contributed by atoms with van der Waals surface area (Å²) in [5, 5.41) is 32.9. The summed E-state index contributed by atoms with van der Waals surface area (Å²) in [7, 11) is 0. The van der Waals surface area contributed by atoms with Gasteiger partial charge in [0.05, 0.1) is 45.3 Å². The Morgan fingerprint density at radius 3 is 1.64 bits per heavy atom. The number of nitrogens with two attached hydrogens (primary N) is 5. The van der Waals surface area contributed by atoms with Crippen molar-refractivity contribution in [3.05, 3.63) is 34.9 Å². The molecular weight excluding hydrogens is 1460 g/mol. The summed E-state index contributed by atoms with van der Waals surface area (Å²) in [6.07, 6.45) is 0.751. The summed E-state index contributed by atoms with van der Waals surface area (Å²) in [5.41, 5.74) is 29.6. The van der Waals surface area contributed by atoms with E-state index in [1.807, 2.05) is 13.8 Å². The molecule has 38 nitrogen and oxygen atoms in total. The van der Waals surface area contributed by atoms with Crippen molar-refractivity contribution in [1.82, 2.24) is 78.9 Å². The van der Waals surface area contributed by atoms with E-state index in [0.29, 0.717) is 36.0 Å². The second-order valence-corrected chi connectivity index (χ2v) is 29.9. The molecule has 5 rings (SSSR count). The van der Waals surface area contributed by atoms with Crippen molar-refractivity contribution in [3.8, 4) is 0 Å². The van der Waals surface area contributed by atoms with Gasteiger partial charge in [0, 0.05) is 60.6 Å². The molecule has 0 radical (unpaired) electrons. The molecule has 0 aliphatic carbocycles. The first-order valence-electron chi connectivity index (χ1n) is 35.3. The van der Waals surface area contributed by atoms with Gasteiger partial charge in [-0.05, 0) is 86.8 Å². The average Bonchev–Trinajstić information content (AvgIpc) is 1.67. The monoisotopic (exact) mass is 1560 g/mol. The summed E-state index contributed by atoms with van der Waals surface area (Å²) in [6, 6.07) is -7.56. The number of hydrogen-bond donors (Lipinski definition) is 18. The molecule has 0 unspecified atom stereocenters. The number of nitrogens with zero attached hydrogens (tertiary/aromatic N) is 3. The summed E-state index contributed by atoms with van der Waals surface area (Å²) < 4.78 is 0. The van der Waals surface area contributed by atoms with Crippen molar-refractivity contribution in [3.63, 3.8) is 0 Å². The Hall–Kier alpha value is -9.51. The zero-order chi connectivity index (χ0) is 79.0. The van der Waals surface area contributed by atoms with E-state index in [1.54, 1.807) is 32.0 Å². The van der Waals surface area contributed by atoms with Crippen molar-refractivity contribution in [2.75, 3.05) is 76.2 Å². The predicted octanol–water partition coefficient (Wildman–Crippen LogP) is -7.27. The van der Waals surface area contributed by atoms with E-state index in [1.165, 1.54) is 16.7 Å². The number of aliphatic imine (C=N–C) groups is 1. The van der Waals surface area contributed by atoms with Gasteiger partial charge in [0.2, 0.25) is 100 Å². The highest BCUT2D eigenvalue weighted by Gasteiger charge is 2.45. The Balaban J connectivity index is 1.63. The molecule has 4 bridgehead atoms. The number of primary amides is 2. The van der Waals surface area contributed by atoms with Gasteiger partial charge in [-0.3, -0.25) is 86.5 Å². The molecule has 0 spiro atoms. The molecule has 4 aliphatic heterocycles. The Kier molecular flexibility index (Phi) is 36.7. The van der Waals surface area contributed by atoms with E-state index in [4.69, 9.17) is 28.7 Å². The zero-order valence-corrected chi connectivity index (χ0v) is 63.2. The minimum absolute atomic E-state index is 0.0160. The minimum Gasteiger partial charge on any atom is -0.370 e. The molecule has 2 saturated heterocycles. The van der Waals surface area contributed by atoms with Gasteiger partial charge >= 0.3 is 0 Å². The van der Waals surface area contributed by atoms with E-state index in [0.717, 1.165) is 35.3 Å². The Bertz CT molecular complexity index is 3440. The smallest absolute Gasteiger partial charge is 0.246 e. The molecule has 4 heterocycles. The fourth-order valence-corrected chi connectivity index (χ4v) is 14.7. The van der Waals surface area contributed by atoms with Crippen molar-refractivity contribution in [2.24, 2.45) is 45.5 Å². The van der Waals surface area contributed by atoms with Gasteiger partial charge in [0.25, 0.3) is 0 Å². The van der Waals surface area contributed by atoms with Crippen molar-refractivity contribution < 1.29 is 81.5 Å². The van der Waals surface area contributed by atoms with E-state index in [-0.39, 0.29) is 105 Å². The van der Waals surface area contributed by atoms with Crippen LogP contribution in [-0.2, 0) is 98.8 Å². The maximum Gasteiger partial charge on any atom is 0.246 e. The van der Waals surface area contributed by atoms with Crippen LogP contribution in [0.2, 0.25) is 0 Å². The zero-order valence-electron chi connectivity index (χ0n) is 60.7. The quantitative estimate of drug-likeness (QED) is 0.0415. The maximum absolute atomic E-state index is 15.0. The lowest BCUT2D eigenvalue weighted by Crippen LogP contribution is -2.60. The lowest BCUT2D eigenvalue weighted by Gasteiger charge is -2.34. The number of thioether (sulfide) groups is 3. The maximum atomic E-state index is 15.0. The Labute approximate surface area is 632 Å². The Morgan fingerprint density at radius 2 is 1.07 bits per heavy atom. The van der Waals surface area contributed by atoms with E-state index in [2.05, 4.69) is 74.1 Å². The first kappa shape index (κ1) is 88.1. The average molecular weight is 1560 g/mol. The number of guanidine groups is 1. The molecule has 107 heavy (non-hydrogen) atoms. The van der Waals surface area contributed by atoms with Crippen LogP contribution in [-0.4, -0.2) is 253 Å². The summed E-state index contributed by atoms with van der Waals surface area (Å²) >= 11 is 3.46. The molecule has 1 aromatic carbocycles. The van der Waals surface area contributed by atoms with Crippen LogP contribution >= 0.6 is 35.3 Å². The van der Waals surface area contributed by atoms with Crippen LogP contribution in [0, 0.1) is 11.8 Å². The number of fused-ring (bicyclic) bond motifs is 7. The lowest BCUT2D eigenvalue weighted by molar-refractivity contribution is -0.148. The van der Waals surface area contributed by atoms with Crippen LogP contribution in [0.15, 0.2) is 23.2 Å². The molecule has 1 aromatic rings. The van der Waals surface area contributed by atoms with Gasteiger partial charge < -0.3 is 108 Å². The van der Waals surface area contributed by atoms with Gasteiger partial charge in [0.1, 0.15) is 54.4 Å². The fraction of sp³-hybridized carbons (Fsp3) is 0.636. The molecule has 41 heteroatoms. The van der Waals surface area contributed by atoms with Crippen LogP contribution in [0.3, 0.4) is 0 Å². The molecule has 4 aliphatic rings. The summed E-state index contributed by atoms with van der Waals surface area (Å²) in [4.78, 5) is 240. The first-order valence-corrected chi connectivity index (χ1v) is 38.8. The molecule has 592 valence electrons. The molecule has 11 atom stereocenters. The third kappa shape index (κ3) is 30.3. The molecule has 0 aromatic heterocycles. The largest absolute Gasteiger partial charge is 0.370 e. The SMILES string of the molecule is CC[C@H](C)[C@@H]1NC(=O)CNC(=O)[C@H](CCC(N)=O)NC(=O)[C@@H](NC(=O)[C@H](C)N)CSCc2cc3cc(c2)CSC[C@H](NC(=O)[C@@H]2CCCN2C(=O)[C@@H]2CCCN2C(=O)[C@H](CC(C)C)NC1=O)C(=O)NCC(=O)N[C@@H](CCCN=C(N)N)C(=O)NCC(=O)NCC(=O)NCC(=O)N[C@H](C(=O)NCC(N)=O)CSC3. The minimum atomic E-state index is -1.53. The van der Waals surface area contributed by atoms with Crippen LogP contribution in [0.4, 0.5) is 0 Å². The predicted molar refractivity (Wildman–Crippen MR) is 396 cm³/mol. The van der Waals surface area contributed by atoms with E-state index >= 15 is 0 Å². The lowest BCUT2D eigenvalue weighted by atomic mass is 9.96. The fourth-order valence-electron chi connectivity index (χ4n) is 11.7. The van der Waals surface area contributed by atoms with Gasteiger partial charge in [0.15, 0.2) is 5.96 Å². The first-order chi connectivity index (χ1) is 50.7. The standard InChI is InChI=1S/C66H103N21O17S3/c1-6-35(4)55-63(102)82-42(18-34(2)3)64(103)87-17-9-12-47(87)65(104)86-16-8-11-46(86)62(101)84-44-32-106-29-38-19-37(20-39(21-38)30-107-33-45(83-56(95)36(5)67)61(100)81-41(13-14-48(68)88)58(97)77-27-54(94)85-55)28-105-31-43(59(98)75-22-49(69)89)80-52(92)25-74-50(90)23-73-51(91)24-76-57(96)40(10-7-15-72-66(70)71)79-53(93)26-78-60(44)99/h19-21,34-36,40-47,55H,6-18,22-33,67H2,1-5H3,(H2,68,88)(H2,69,89)(H,73,91)(H,74,90)(H,75,98)(H,76,96)(H,77,97)(H,78,99)(H,79,93)(H,80,92)(H,81,100)(H,82,102)(H,83,95)(H,84,101)(H,85,94)(H4,70,71,72)/t35-,36-,40-,41-,42-,43-,44-,45-,46-,47-,55-/m0/s1. The Morgan fingerprint density at radius 1 is 0.551 bits per heavy atom. The van der Waals surface area contributed by atoms with Gasteiger partial charge in [-0.15, -0.1) is 0 Å². The van der Waals surface area contributed by atoms with Crippen LogP contribution < -0.4 is 97.8 Å². The molecular formula is C66H103N21O17S3. The van der Waals surface area contributed by atoms with Crippen LogP contribution in [0.25, 0.3) is 0 Å². The van der Waals surface area contributed by atoms with Gasteiger partial charge in [-0.1, -0.05) is 52.3 Å². The van der Waals surface area contributed by atoms with Gasteiger partial charge in [-0.2, -0.15) is 35.3 Å². The number of benzene rings is 1. The van der Waals surface area contributed by atoms with Crippen molar-refractivity contribution in [2.45, 2.75) is 177 Å². The normalized spacial score (nSPS) is 24.8. The third-order valence-corrected chi connectivity index (χ3v) is 20.7. The second kappa shape index (κ2) is 44.6. The van der Waals surface area contributed by atoms with Crippen molar-refractivity contribution in [1.29, 1.82) is 0 Å². The number of carbonyl (C=O) groups excluding carboxylic acids is 17. The summed E-state index contributed by atoms with van der Waals surface area (Å²) in [6.45, 7) is 4.53. The highest BCUT2D eigenvalue weighted by atomic mass is 32.2. The molecule has 0 saturated carbocycles. The number of amides is 17. The highest BCUT2D eigenvalue weighted by Crippen LogP contribution is 2.28.